The van der Waals surface area contributed by atoms with Crippen molar-refractivity contribution in [2.24, 2.45) is 0 Å². The van der Waals surface area contributed by atoms with Crippen LogP contribution < -0.4 is 0 Å². The number of hydrogen-bond acceptors (Lipinski definition) is 2. The van der Waals surface area contributed by atoms with E-state index in [1.165, 1.54) is 0 Å². The molecule has 0 aliphatic heterocycles. The summed E-state index contributed by atoms with van der Waals surface area (Å²) in [5.74, 6) is -5.51. The first-order chi connectivity index (χ1) is 5.89. The maximum Gasteiger partial charge on any atom is 0.490 e. The first kappa shape index (κ1) is 19.8. The van der Waals surface area contributed by atoms with Gasteiger partial charge in [-0.15, -0.1) is 0 Å². The predicted molar refractivity (Wildman–Crippen MR) is 35.9 cm³/mol. The molecule has 0 unspecified atom stereocenters. The third-order valence-electron chi connectivity index (χ3n) is 0.485. The average Bonchev–Trinajstić information content (AvgIpc) is 1.83. The van der Waals surface area contributed by atoms with Gasteiger partial charge < -0.3 is 10.2 Å². The van der Waals surface area contributed by atoms with Crippen molar-refractivity contribution in [3.8, 4) is 0 Å². The lowest BCUT2D eigenvalue weighted by molar-refractivity contribution is -0.193. The molecule has 0 aromatic heterocycles. The average molecular weight is 254 g/mol. The molecule has 0 heterocycles. The third-order valence-corrected chi connectivity index (χ3v) is 0.485. The molecule has 0 amide bonds. The van der Waals surface area contributed by atoms with Crippen molar-refractivity contribution in [3.63, 3.8) is 0 Å². The number of carboxylic acid groups (broad SMARTS) is 2. The molecule has 11 heteroatoms. The minimum Gasteiger partial charge on any atom is -0.475 e. The van der Waals surface area contributed by atoms with Crippen LogP contribution >= 0.6 is 0 Å². The van der Waals surface area contributed by atoms with Crippen LogP contribution in [-0.4, -0.2) is 57.6 Å². The predicted octanol–water partition coefficient (Wildman–Crippen LogP) is 0.350. The Bertz CT molecular complexity index is 196. The summed E-state index contributed by atoms with van der Waals surface area (Å²) >= 11 is 0. The van der Waals surface area contributed by atoms with E-state index in [-0.39, 0.29) is 23.1 Å². The molecule has 4 nitrogen and oxygen atoms in total. The van der Waals surface area contributed by atoms with E-state index in [1.807, 2.05) is 0 Å². The van der Waals surface area contributed by atoms with Gasteiger partial charge in [-0.25, -0.2) is 9.59 Å². The van der Waals surface area contributed by atoms with Crippen molar-refractivity contribution in [3.05, 3.63) is 0 Å². The van der Waals surface area contributed by atoms with Crippen LogP contribution in [0.1, 0.15) is 0 Å². The number of carbonyl (C=O) groups is 2. The molecule has 88 valence electrons. The van der Waals surface area contributed by atoms with Gasteiger partial charge in [-0.3, -0.25) is 0 Å². The van der Waals surface area contributed by atoms with Crippen LogP contribution in [0, 0.1) is 0 Å². The number of carboxylic acids is 2. The summed E-state index contributed by atoms with van der Waals surface area (Å²) in [5, 5.41) is 14.2. The van der Waals surface area contributed by atoms with Crippen LogP contribution in [0.2, 0.25) is 0 Å². The fraction of sp³-hybridized carbons (Fsp3) is 0.500. The van der Waals surface area contributed by atoms with E-state index in [4.69, 9.17) is 19.8 Å². The summed E-state index contributed by atoms with van der Waals surface area (Å²) < 4.78 is 63.5. The Morgan fingerprint density at radius 3 is 0.800 bits per heavy atom. The van der Waals surface area contributed by atoms with Gasteiger partial charge in [-0.2, -0.15) is 26.3 Å². The first-order valence-corrected chi connectivity index (χ1v) is 2.49. The summed E-state index contributed by atoms with van der Waals surface area (Å²) in [5.41, 5.74) is 0. The van der Waals surface area contributed by atoms with Crippen molar-refractivity contribution < 1.29 is 46.1 Å². The molecule has 0 radical (unpaired) electrons. The summed E-state index contributed by atoms with van der Waals surface area (Å²) in [4.78, 5) is 17.8. The lowest BCUT2D eigenvalue weighted by Gasteiger charge is -1.93. The van der Waals surface area contributed by atoms with E-state index in [0.717, 1.165) is 0 Å². The van der Waals surface area contributed by atoms with Crippen molar-refractivity contribution in [1.82, 2.24) is 0 Å². The van der Waals surface area contributed by atoms with E-state index in [9.17, 15) is 26.3 Å². The van der Waals surface area contributed by atoms with Crippen molar-refractivity contribution in [2.75, 3.05) is 0 Å². The summed E-state index contributed by atoms with van der Waals surface area (Å²) in [6.07, 6.45) is -10.2. The number of rotatable bonds is 0. The Balaban J connectivity index is -0.000000180. The fourth-order valence-corrected chi connectivity index (χ4v) is 0. The standard InChI is InChI=1S/2C2HF3O2.Mg.2H/c2*3-2(4,5)1(6)7;;;/h2*(H,6,7);;;. The number of aliphatic carboxylic acids is 2. The highest BCUT2D eigenvalue weighted by Crippen LogP contribution is 2.13. The van der Waals surface area contributed by atoms with Crippen LogP contribution in [0.15, 0.2) is 0 Å². The highest BCUT2D eigenvalue weighted by molar-refractivity contribution is 5.75. The molecule has 0 rings (SSSR count). The van der Waals surface area contributed by atoms with Crippen molar-refractivity contribution in [1.29, 1.82) is 0 Å². The number of alkyl halides is 6. The second kappa shape index (κ2) is 6.71. The van der Waals surface area contributed by atoms with Gasteiger partial charge in [-0.1, -0.05) is 0 Å². The Hall–Kier alpha value is -0.714. The summed E-state index contributed by atoms with van der Waals surface area (Å²) in [6, 6.07) is 0. The van der Waals surface area contributed by atoms with Gasteiger partial charge in [0.15, 0.2) is 0 Å². The van der Waals surface area contributed by atoms with Gasteiger partial charge in [0.05, 0.1) is 0 Å². The second-order valence-electron chi connectivity index (χ2n) is 1.61. The molecular weight excluding hydrogens is 250 g/mol. The number of hydrogen-bond donors (Lipinski definition) is 2. The maximum atomic E-state index is 10.6. The molecule has 0 atom stereocenters. The molecule has 0 aliphatic rings. The molecule has 2 N–H and O–H groups in total. The van der Waals surface area contributed by atoms with Gasteiger partial charge in [0.1, 0.15) is 0 Å². The molecule has 15 heavy (non-hydrogen) atoms. The topological polar surface area (TPSA) is 74.6 Å². The molecule has 0 aromatic rings. The maximum absolute atomic E-state index is 10.6. The van der Waals surface area contributed by atoms with Gasteiger partial charge >= 0.3 is 47.3 Å². The summed E-state index contributed by atoms with van der Waals surface area (Å²) in [7, 11) is 0. The zero-order valence-corrected chi connectivity index (χ0v) is 5.98. The van der Waals surface area contributed by atoms with Crippen LogP contribution in [0.5, 0.6) is 0 Å². The Morgan fingerprint density at radius 1 is 0.733 bits per heavy atom. The van der Waals surface area contributed by atoms with Crippen LogP contribution in [-0.2, 0) is 9.59 Å². The molecule has 0 aliphatic carbocycles. The van der Waals surface area contributed by atoms with E-state index >= 15 is 0 Å². The van der Waals surface area contributed by atoms with Crippen LogP contribution in [0.25, 0.3) is 0 Å². The quantitative estimate of drug-likeness (QED) is 0.483. The lowest BCUT2D eigenvalue weighted by Crippen LogP contribution is -2.21. The van der Waals surface area contributed by atoms with Crippen LogP contribution in [0.3, 0.4) is 0 Å². The zero-order valence-electron chi connectivity index (χ0n) is 5.98. The van der Waals surface area contributed by atoms with E-state index < -0.39 is 24.3 Å². The smallest absolute Gasteiger partial charge is 0.475 e. The Kier molecular flexibility index (Phi) is 8.86. The molecule has 0 fully saturated rings. The van der Waals surface area contributed by atoms with Gasteiger partial charge in [0.2, 0.25) is 0 Å². The molecule has 0 spiro atoms. The highest BCUT2D eigenvalue weighted by Gasteiger charge is 2.38. The second-order valence-corrected chi connectivity index (χ2v) is 1.61. The van der Waals surface area contributed by atoms with E-state index in [0.29, 0.717) is 0 Å². The summed E-state index contributed by atoms with van der Waals surface area (Å²) in [6.45, 7) is 0. The molecule has 0 saturated heterocycles. The Morgan fingerprint density at radius 2 is 0.800 bits per heavy atom. The molecule has 0 bridgehead atoms. The monoisotopic (exact) mass is 254 g/mol. The van der Waals surface area contributed by atoms with Crippen molar-refractivity contribution in [2.45, 2.75) is 12.4 Å². The van der Waals surface area contributed by atoms with E-state index in [2.05, 4.69) is 0 Å². The minimum atomic E-state index is -5.08. The van der Waals surface area contributed by atoms with E-state index in [1.54, 1.807) is 0 Å². The Labute approximate surface area is 94.0 Å². The van der Waals surface area contributed by atoms with Gasteiger partial charge in [0.25, 0.3) is 0 Å². The molecule has 0 aromatic carbocycles. The highest BCUT2D eigenvalue weighted by atomic mass is 24.3. The number of halogens is 6. The van der Waals surface area contributed by atoms with Gasteiger partial charge in [-0.05, 0) is 0 Å². The normalized spacial score (nSPS) is 10.5. The SMILES string of the molecule is O=C(O)C(F)(F)F.O=C(O)C(F)(F)F.[MgH2]. The lowest BCUT2D eigenvalue weighted by atomic mass is 10.7. The largest absolute Gasteiger partial charge is 0.490 e. The van der Waals surface area contributed by atoms with Crippen LogP contribution in [0.4, 0.5) is 26.3 Å². The molecule has 0 saturated carbocycles. The third kappa shape index (κ3) is 13.3. The van der Waals surface area contributed by atoms with Crippen molar-refractivity contribution >= 4 is 35.0 Å². The molecular formula is C4H4F6MgO4. The fourth-order valence-electron chi connectivity index (χ4n) is 0. The van der Waals surface area contributed by atoms with Gasteiger partial charge in [0, 0.05) is 0 Å². The first-order valence-electron chi connectivity index (χ1n) is 2.49. The minimum absolute atomic E-state index is 0. The zero-order chi connectivity index (χ0) is 12.2.